The maximum Gasteiger partial charge on any atom is 0.504 e. The molecule has 1 N–H and O–H groups in total. The lowest BCUT2D eigenvalue weighted by Gasteiger charge is -2.33. The minimum atomic E-state index is -0.272. The zero-order valence-corrected chi connectivity index (χ0v) is 17.7. The average molecular weight is 378 g/mol. The number of unbranched alkanes of at least 4 members (excludes halogenated alkanes) is 6. The van der Waals surface area contributed by atoms with Crippen LogP contribution in [-0.2, 0) is 5.41 Å². The van der Waals surface area contributed by atoms with Gasteiger partial charge in [0.05, 0.1) is 0 Å². The molecular formula is C25H35BO2. The Morgan fingerprint density at radius 2 is 1.43 bits per heavy atom. The van der Waals surface area contributed by atoms with Crippen LogP contribution in [0.1, 0.15) is 89.2 Å². The summed E-state index contributed by atoms with van der Waals surface area (Å²) in [5.41, 5.74) is 5.74. The molecule has 0 saturated heterocycles. The van der Waals surface area contributed by atoms with Gasteiger partial charge in [-0.2, -0.15) is 0 Å². The summed E-state index contributed by atoms with van der Waals surface area (Å²) in [6.45, 7) is 4.55. The summed E-state index contributed by atoms with van der Waals surface area (Å²) < 4.78 is 5.46. The fraction of sp³-hybridized carbons (Fsp3) is 0.520. The summed E-state index contributed by atoms with van der Waals surface area (Å²) in [7, 11) is -0.272. The van der Waals surface area contributed by atoms with E-state index in [0.29, 0.717) is 0 Å². The van der Waals surface area contributed by atoms with E-state index in [-0.39, 0.29) is 13.1 Å². The Morgan fingerprint density at radius 3 is 2.07 bits per heavy atom. The normalized spacial score (nSPS) is 13.8. The van der Waals surface area contributed by atoms with Crippen molar-refractivity contribution in [1.29, 1.82) is 0 Å². The van der Waals surface area contributed by atoms with Gasteiger partial charge >= 0.3 is 7.69 Å². The number of rotatable bonds is 12. The van der Waals surface area contributed by atoms with E-state index in [1.54, 1.807) is 0 Å². The molecule has 1 aliphatic rings. The predicted molar refractivity (Wildman–Crippen MR) is 120 cm³/mol. The summed E-state index contributed by atoms with van der Waals surface area (Å²) in [5.74, 6) is 0.778. The van der Waals surface area contributed by atoms with Gasteiger partial charge in [-0.05, 0) is 47.2 Å². The molecule has 0 heterocycles. The number of hydrogen-bond acceptors (Lipinski definition) is 2. The Kier molecular flexibility index (Phi) is 7.61. The molecule has 28 heavy (non-hydrogen) atoms. The highest BCUT2D eigenvalue weighted by Crippen LogP contribution is 2.54. The first kappa shape index (κ1) is 21.0. The Bertz CT molecular complexity index is 744. The van der Waals surface area contributed by atoms with Gasteiger partial charge in [-0.25, -0.2) is 0 Å². The third-order valence-electron chi connectivity index (χ3n) is 6.38. The lowest BCUT2D eigenvalue weighted by molar-refractivity contribution is 0.399. The van der Waals surface area contributed by atoms with E-state index in [4.69, 9.17) is 4.65 Å². The van der Waals surface area contributed by atoms with Crippen molar-refractivity contribution in [3.05, 3.63) is 53.6 Å². The molecule has 0 amide bonds. The van der Waals surface area contributed by atoms with Gasteiger partial charge in [0.1, 0.15) is 5.75 Å². The Morgan fingerprint density at radius 1 is 0.786 bits per heavy atom. The highest BCUT2D eigenvalue weighted by molar-refractivity contribution is 6.17. The largest absolute Gasteiger partial charge is 0.539 e. The van der Waals surface area contributed by atoms with E-state index >= 15 is 0 Å². The summed E-state index contributed by atoms with van der Waals surface area (Å²) in [5, 5.41) is 9.25. The van der Waals surface area contributed by atoms with Gasteiger partial charge in [0.2, 0.25) is 0 Å². The molecule has 0 radical (unpaired) electrons. The second-order valence-electron chi connectivity index (χ2n) is 8.23. The predicted octanol–water partition coefficient (Wildman–Crippen LogP) is 6.53. The van der Waals surface area contributed by atoms with Crippen LogP contribution in [0.4, 0.5) is 0 Å². The summed E-state index contributed by atoms with van der Waals surface area (Å²) in [4.78, 5) is 0. The van der Waals surface area contributed by atoms with E-state index in [1.807, 2.05) is 6.07 Å². The molecule has 0 aromatic heterocycles. The van der Waals surface area contributed by atoms with E-state index < -0.39 is 0 Å². The van der Waals surface area contributed by atoms with Crippen molar-refractivity contribution in [2.45, 2.75) is 83.5 Å². The fourth-order valence-electron chi connectivity index (χ4n) is 4.97. The zero-order chi connectivity index (χ0) is 19.8. The van der Waals surface area contributed by atoms with Crippen LogP contribution in [0.15, 0.2) is 42.5 Å². The Labute approximate surface area is 171 Å². The van der Waals surface area contributed by atoms with Crippen LogP contribution in [0.25, 0.3) is 11.1 Å². The van der Waals surface area contributed by atoms with Crippen LogP contribution >= 0.6 is 0 Å². The molecule has 2 aromatic rings. The van der Waals surface area contributed by atoms with Gasteiger partial charge in [-0.1, -0.05) is 95.5 Å². The molecule has 1 aliphatic carbocycles. The van der Waals surface area contributed by atoms with Crippen molar-refractivity contribution >= 4 is 7.69 Å². The second-order valence-corrected chi connectivity index (χ2v) is 8.23. The molecule has 2 nitrogen and oxygen atoms in total. The van der Waals surface area contributed by atoms with Gasteiger partial charge in [-0.15, -0.1) is 0 Å². The SMILES string of the molecule is CCCCCCC1(CCCCCC)c2ccccc2-c2ccc(OBO)cc21. The van der Waals surface area contributed by atoms with E-state index in [1.165, 1.54) is 86.5 Å². The molecule has 0 saturated carbocycles. The smallest absolute Gasteiger partial charge is 0.504 e. The Hall–Kier alpha value is -1.74. The van der Waals surface area contributed by atoms with Crippen molar-refractivity contribution in [1.82, 2.24) is 0 Å². The number of hydrogen-bond donors (Lipinski definition) is 1. The Balaban J connectivity index is 2.00. The quantitative estimate of drug-likeness (QED) is 0.336. The van der Waals surface area contributed by atoms with Crippen LogP contribution in [-0.4, -0.2) is 12.7 Å². The standard InChI is InChI=1S/C25H35BO2/c1-3-5-7-11-17-25(18-12-8-6-4-2)23-14-10-9-13-21(23)22-16-15-20(28-26-27)19-24(22)25/h9-10,13-16,19,26-27H,3-8,11-12,17-18H2,1-2H3. The van der Waals surface area contributed by atoms with Crippen molar-refractivity contribution in [3.63, 3.8) is 0 Å². The van der Waals surface area contributed by atoms with Crippen molar-refractivity contribution in [2.24, 2.45) is 0 Å². The zero-order valence-electron chi connectivity index (χ0n) is 17.7. The summed E-state index contributed by atoms with van der Waals surface area (Å²) in [6.07, 6.45) is 12.7. The van der Waals surface area contributed by atoms with Crippen molar-refractivity contribution in [3.8, 4) is 16.9 Å². The lowest BCUT2D eigenvalue weighted by atomic mass is 9.70. The lowest BCUT2D eigenvalue weighted by Crippen LogP contribution is -2.25. The maximum absolute atomic E-state index is 9.25. The molecule has 3 heteroatoms. The van der Waals surface area contributed by atoms with Gasteiger partial charge in [0.25, 0.3) is 0 Å². The van der Waals surface area contributed by atoms with Crippen molar-refractivity contribution in [2.75, 3.05) is 0 Å². The third kappa shape index (κ3) is 4.30. The highest BCUT2D eigenvalue weighted by atomic mass is 16.5. The third-order valence-corrected chi connectivity index (χ3v) is 6.38. The van der Waals surface area contributed by atoms with Gasteiger partial charge < -0.3 is 9.68 Å². The minimum absolute atomic E-state index is 0.0856. The van der Waals surface area contributed by atoms with Crippen LogP contribution < -0.4 is 4.65 Å². The van der Waals surface area contributed by atoms with Crippen LogP contribution in [0.3, 0.4) is 0 Å². The molecule has 0 bridgehead atoms. The van der Waals surface area contributed by atoms with Gasteiger partial charge in [0.15, 0.2) is 0 Å². The van der Waals surface area contributed by atoms with Gasteiger partial charge in [0, 0.05) is 5.41 Å². The molecule has 0 fully saturated rings. The average Bonchev–Trinajstić information content (AvgIpc) is 2.99. The molecule has 0 spiro atoms. The number of fused-ring (bicyclic) bond motifs is 3. The topological polar surface area (TPSA) is 29.5 Å². The van der Waals surface area contributed by atoms with E-state index in [0.717, 1.165) is 5.75 Å². The molecule has 0 unspecified atom stereocenters. The fourth-order valence-corrected chi connectivity index (χ4v) is 4.97. The van der Waals surface area contributed by atoms with E-state index in [2.05, 4.69) is 50.2 Å². The molecular weight excluding hydrogens is 343 g/mol. The number of benzene rings is 2. The van der Waals surface area contributed by atoms with E-state index in [9.17, 15) is 5.02 Å². The highest BCUT2D eigenvalue weighted by Gasteiger charge is 2.42. The maximum atomic E-state index is 9.25. The monoisotopic (exact) mass is 378 g/mol. The van der Waals surface area contributed by atoms with Gasteiger partial charge in [-0.3, -0.25) is 0 Å². The molecule has 150 valence electrons. The summed E-state index contributed by atoms with van der Waals surface area (Å²) in [6, 6.07) is 15.4. The molecule has 3 rings (SSSR count). The first-order valence-corrected chi connectivity index (χ1v) is 11.2. The summed E-state index contributed by atoms with van der Waals surface area (Å²) >= 11 is 0. The molecule has 0 atom stereocenters. The first-order chi connectivity index (χ1) is 13.8. The first-order valence-electron chi connectivity index (χ1n) is 11.2. The van der Waals surface area contributed by atoms with Crippen LogP contribution in [0.5, 0.6) is 5.75 Å². The molecule has 2 aromatic carbocycles. The molecule has 0 aliphatic heterocycles. The second kappa shape index (κ2) is 10.2. The van der Waals surface area contributed by atoms with Crippen LogP contribution in [0.2, 0.25) is 0 Å². The minimum Gasteiger partial charge on any atom is -0.539 e. The van der Waals surface area contributed by atoms with Crippen LogP contribution in [0, 0.1) is 0 Å². The van der Waals surface area contributed by atoms with Crippen molar-refractivity contribution < 1.29 is 9.68 Å².